The minimum absolute atomic E-state index is 0.123. The van der Waals surface area contributed by atoms with Crippen molar-refractivity contribution in [3.63, 3.8) is 0 Å². The molecule has 0 saturated carbocycles. The molecule has 4 nitrogen and oxygen atoms in total. The van der Waals surface area contributed by atoms with Gasteiger partial charge in [0.05, 0.1) is 6.54 Å². The Morgan fingerprint density at radius 1 is 1.53 bits per heavy atom. The van der Waals surface area contributed by atoms with E-state index in [9.17, 15) is 22.4 Å². The highest BCUT2D eigenvalue weighted by Crippen LogP contribution is 2.22. The molecule has 0 aliphatic rings. The lowest BCUT2D eigenvalue weighted by atomic mass is 10.2. The van der Waals surface area contributed by atoms with Gasteiger partial charge in [0.15, 0.2) is 0 Å². The Morgan fingerprint density at radius 3 is 2.65 bits per heavy atom. The van der Waals surface area contributed by atoms with E-state index < -0.39 is 24.3 Å². The number of hydrogen-bond acceptors (Lipinski definition) is 2. The minimum Gasteiger partial charge on any atom is -0.346 e. The maximum absolute atomic E-state index is 12.6. The Bertz CT molecular complexity index is 366. The fourth-order valence-corrected chi connectivity index (χ4v) is 1.15. The Morgan fingerprint density at radius 2 is 2.18 bits per heavy atom. The second kappa shape index (κ2) is 5.15. The fraction of sp³-hybridized carbons (Fsp3) is 0.556. The third-order valence-corrected chi connectivity index (χ3v) is 1.97. The zero-order valence-corrected chi connectivity index (χ0v) is 8.91. The van der Waals surface area contributed by atoms with E-state index in [-0.39, 0.29) is 6.54 Å². The SMILES string of the molecule is CC(Cn1cccn1)NC(=O)C(F)(F)C(F)F. The van der Waals surface area contributed by atoms with Gasteiger partial charge >= 0.3 is 12.3 Å². The Kier molecular flexibility index (Phi) is 4.08. The molecule has 96 valence electrons. The normalized spacial score (nSPS) is 13.8. The van der Waals surface area contributed by atoms with Crippen molar-refractivity contribution < 1.29 is 22.4 Å². The molecule has 1 aromatic heterocycles. The van der Waals surface area contributed by atoms with Gasteiger partial charge in [-0.25, -0.2) is 8.78 Å². The molecular formula is C9H11F4N3O. The molecule has 0 radical (unpaired) electrons. The first-order valence-electron chi connectivity index (χ1n) is 4.78. The number of carbonyl (C=O) groups is 1. The molecule has 0 spiro atoms. The maximum Gasteiger partial charge on any atom is 0.383 e. The highest BCUT2D eigenvalue weighted by atomic mass is 19.3. The monoisotopic (exact) mass is 253 g/mol. The molecule has 0 aliphatic heterocycles. The molecule has 1 aromatic rings. The summed E-state index contributed by atoms with van der Waals surface area (Å²) in [5.74, 6) is -6.65. The van der Waals surface area contributed by atoms with Crippen molar-refractivity contribution in [1.82, 2.24) is 15.1 Å². The zero-order chi connectivity index (χ0) is 13.1. The third kappa shape index (κ3) is 3.43. The number of carbonyl (C=O) groups excluding carboxylic acids is 1. The number of nitrogens with one attached hydrogen (secondary N) is 1. The van der Waals surface area contributed by atoms with Crippen LogP contribution in [0.5, 0.6) is 0 Å². The maximum atomic E-state index is 12.6. The van der Waals surface area contributed by atoms with Crippen molar-refractivity contribution in [2.45, 2.75) is 31.9 Å². The van der Waals surface area contributed by atoms with Gasteiger partial charge < -0.3 is 5.32 Å². The first-order valence-corrected chi connectivity index (χ1v) is 4.78. The lowest BCUT2D eigenvalue weighted by Crippen LogP contribution is -2.49. The molecule has 0 saturated heterocycles. The van der Waals surface area contributed by atoms with Crippen LogP contribution in [0, 0.1) is 0 Å². The highest BCUT2D eigenvalue weighted by Gasteiger charge is 2.49. The average Bonchev–Trinajstić information content (AvgIpc) is 2.69. The van der Waals surface area contributed by atoms with E-state index in [0.29, 0.717) is 0 Å². The van der Waals surface area contributed by atoms with Crippen LogP contribution < -0.4 is 5.32 Å². The number of rotatable bonds is 5. The van der Waals surface area contributed by atoms with E-state index in [1.54, 1.807) is 12.3 Å². The number of nitrogens with zero attached hydrogens (tertiary/aromatic N) is 2. The van der Waals surface area contributed by atoms with Gasteiger partial charge in [-0.2, -0.15) is 13.9 Å². The van der Waals surface area contributed by atoms with E-state index >= 15 is 0 Å². The number of hydrogen-bond donors (Lipinski definition) is 1. The summed E-state index contributed by atoms with van der Waals surface area (Å²) in [5, 5.41) is 5.60. The summed E-state index contributed by atoms with van der Waals surface area (Å²) in [7, 11) is 0. The molecule has 1 amide bonds. The molecule has 1 N–H and O–H groups in total. The molecule has 1 atom stereocenters. The summed E-state index contributed by atoms with van der Waals surface area (Å²) in [4.78, 5) is 10.9. The van der Waals surface area contributed by atoms with Crippen LogP contribution in [0.2, 0.25) is 0 Å². The van der Waals surface area contributed by atoms with E-state index in [2.05, 4.69) is 5.10 Å². The summed E-state index contributed by atoms with van der Waals surface area (Å²) in [6, 6.07) is 0.884. The number of alkyl halides is 4. The van der Waals surface area contributed by atoms with Crippen molar-refractivity contribution >= 4 is 5.91 Å². The Hall–Kier alpha value is -1.60. The van der Waals surface area contributed by atoms with Crippen molar-refractivity contribution in [3.05, 3.63) is 18.5 Å². The summed E-state index contributed by atoms with van der Waals surface area (Å²) in [6.07, 6.45) is -0.977. The largest absolute Gasteiger partial charge is 0.383 e. The second-order valence-electron chi connectivity index (χ2n) is 3.53. The molecule has 0 aromatic carbocycles. The van der Waals surface area contributed by atoms with Crippen LogP contribution in [0.4, 0.5) is 17.6 Å². The van der Waals surface area contributed by atoms with E-state index in [1.165, 1.54) is 17.8 Å². The van der Waals surface area contributed by atoms with Gasteiger partial charge in [0.25, 0.3) is 5.91 Å². The first kappa shape index (κ1) is 13.5. The van der Waals surface area contributed by atoms with Crippen LogP contribution in [-0.4, -0.2) is 34.1 Å². The van der Waals surface area contributed by atoms with Crippen LogP contribution >= 0.6 is 0 Å². The Labute approximate surface area is 94.6 Å². The molecular weight excluding hydrogens is 242 g/mol. The molecule has 8 heteroatoms. The summed E-state index contributed by atoms with van der Waals surface area (Å²) in [5.41, 5.74) is 0. The van der Waals surface area contributed by atoms with Crippen LogP contribution in [0.15, 0.2) is 18.5 Å². The smallest absolute Gasteiger partial charge is 0.346 e. The first-order chi connectivity index (χ1) is 7.84. The lowest BCUT2D eigenvalue weighted by molar-refractivity contribution is -0.170. The standard InChI is InChI=1S/C9H11F4N3O/c1-6(5-16-4-2-3-14-16)15-8(17)9(12,13)7(10)11/h2-4,6-7H,5H2,1H3,(H,15,17). The lowest BCUT2D eigenvalue weighted by Gasteiger charge is -2.19. The number of halogens is 4. The van der Waals surface area contributed by atoms with Crippen LogP contribution in [0.3, 0.4) is 0 Å². The summed E-state index contributed by atoms with van der Waals surface area (Å²) >= 11 is 0. The molecule has 1 unspecified atom stereocenters. The summed E-state index contributed by atoms with van der Waals surface area (Å²) in [6.45, 7) is 1.54. The highest BCUT2D eigenvalue weighted by molar-refractivity contribution is 5.84. The molecule has 17 heavy (non-hydrogen) atoms. The van der Waals surface area contributed by atoms with Gasteiger partial charge in [0, 0.05) is 18.4 Å². The average molecular weight is 253 g/mol. The van der Waals surface area contributed by atoms with Crippen molar-refractivity contribution in [1.29, 1.82) is 0 Å². The van der Waals surface area contributed by atoms with Gasteiger partial charge in [0.2, 0.25) is 0 Å². The van der Waals surface area contributed by atoms with Crippen molar-refractivity contribution in [2.24, 2.45) is 0 Å². The quantitative estimate of drug-likeness (QED) is 0.804. The third-order valence-electron chi connectivity index (χ3n) is 1.97. The molecule has 0 bridgehead atoms. The topological polar surface area (TPSA) is 46.9 Å². The van der Waals surface area contributed by atoms with E-state index in [4.69, 9.17) is 0 Å². The van der Waals surface area contributed by atoms with Crippen molar-refractivity contribution in [2.75, 3.05) is 0 Å². The van der Waals surface area contributed by atoms with Gasteiger partial charge in [-0.15, -0.1) is 0 Å². The number of aromatic nitrogens is 2. The fourth-order valence-electron chi connectivity index (χ4n) is 1.15. The van der Waals surface area contributed by atoms with Gasteiger partial charge in [-0.05, 0) is 13.0 Å². The van der Waals surface area contributed by atoms with Crippen molar-refractivity contribution in [3.8, 4) is 0 Å². The predicted octanol–water partition coefficient (Wildman–Crippen LogP) is 1.29. The Balaban J connectivity index is 2.51. The second-order valence-corrected chi connectivity index (χ2v) is 3.53. The van der Waals surface area contributed by atoms with Crippen LogP contribution in [-0.2, 0) is 11.3 Å². The predicted molar refractivity (Wildman–Crippen MR) is 50.8 cm³/mol. The van der Waals surface area contributed by atoms with E-state index in [0.717, 1.165) is 0 Å². The van der Waals surface area contributed by atoms with Gasteiger partial charge in [-0.3, -0.25) is 9.48 Å². The molecule has 1 heterocycles. The minimum atomic E-state index is -4.67. The van der Waals surface area contributed by atoms with Gasteiger partial charge in [0.1, 0.15) is 0 Å². The van der Waals surface area contributed by atoms with Crippen LogP contribution in [0.25, 0.3) is 0 Å². The zero-order valence-electron chi connectivity index (χ0n) is 8.91. The molecule has 0 fully saturated rings. The van der Waals surface area contributed by atoms with Gasteiger partial charge in [-0.1, -0.05) is 0 Å². The molecule has 0 aliphatic carbocycles. The summed E-state index contributed by atoms with van der Waals surface area (Å²) < 4.78 is 50.3. The number of amides is 1. The van der Waals surface area contributed by atoms with Crippen LogP contribution in [0.1, 0.15) is 6.92 Å². The molecule has 1 rings (SSSR count). The van der Waals surface area contributed by atoms with E-state index in [1.807, 2.05) is 5.32 Å².